The highest BCUT2D eigenvalue weighted by Gasteiger charge is 2.32. The molecule has 0 spiro atoms. The Kier molecular flexibility index (Phi) is 27.0. The van der Waals surface area contributed by atoms with Crippen LogP contribution in [0.25, 0.3) is 11.1 Å². The number of amides is 9. The minimum atomic E-state index is -1.01. The normalized spacial score (nSPS) is 14.2. The summed E-state index contributed by atoms with van der Waals surface area (Å²) in [5, 5.41) is 38.4. The molecule has 1 fully saturated rings. The van der Waals surface area contributed by atoms with Crippen molar-refractivity contribution in [2.24, 2.45) is 10.7 Å². The van der Waals surface area contributed by atoms with Crippen LogP contribution in [0.4, 0.5) is 20.1 Å². The third kappa shape index (κ3) is 23.0. The van der Waals surface area contributed by atoms with Gasteiger partial charge in [-0.3, -0.25) is 39.2 Å². The van der Waals surface area contributed by atoms with Gasteiger partial charge in [0.05, 0.1) is 12.5 Å². The van der Waals surface area contributed by atoms with Crippen molar-refractivity contribution in [1.82, 2.24) is 52.8 Å². The number of hydrogen-bond acceptors (Lipinski definition) is 14. The van der Waals surface area contributed by atoms with Gasteiger partial charge in [0, 0.05) is 83.0 Å². The summed E-state index contributed by atoms with van der Waals surface area (Å²) in [7, 11) is 0. The van der Waals surface area contributed by atoms with Crippen LogP contribution in [0.5, 0.6) is 5.75 Å². The summed E-state index contributed by atoms with van der Waals surface area (Å²) in [5.41, 5.74) is 12.5. The number of guanidine groups is 1. The Morgan fingerprint density at radius 2 is 1.23 bits per heavy atom. The van der Waals surface area contributed by atoms with E-state index in [1.54, 1.807) is 19.1 Å². The molecule has 1 aliphatic carbocycles. The number of phenolic OH excluding ortho intramolecular Hbond substituents is 1. The molecule has 24 heteroatoms. The van der Waals surface area contributed by atoms with E-state index in [4.69, 9.17) is 15.2 Å². The molecule has 0 aromatic heterocycles. The third-order valence-corrected chi connectivity index (χ3v) is 15.5. The molecule has 0 saturated carbocycles. The average Bonchev–Trinajstić information content (AvgIpc) is 1.61. The number of piperidine rings is 1. The summed E-state index contributed by atoms with van der Waals surface area (Å²) >= 11 is 0. The highest BCUT2D eigenvalue weighted by molar-refractivity contribution is 5.95. The summed E-state index contributed by atoms with van der Waals surface area (Å²) in [4.78, 5) is 111. The lowest BCUT2D eigenvalue weighted by molar-refractivity contribution is -0.129. The maximum atomic E-state index is 14.5. The number of carbonyl (C=O) groups excluding carboxylic acids is 8. The molecule has 24 nitrogen and oxygen atoms in total. The standard InChI is InChI=1S/C68H89N13O11/c1-5-58(83)72-38-39-75-65(88)80-64(69)74-35-14-22-56(62(86)76-42-45-24-30-50(82)31-25-45)78-63(87)60(46-16-7-6-8-17-46)47-26-28-48(29-27-47)70-36-15-37-73-61(85)57(79-66(89)91-44-55-53-20-11-9-18-51(53)52-19-10-12-21-54(52)55)23-13-34-71-59(84)43-81-40-32-49(33-41-81)77-67(90)92-68(2,3)4/h6-12,16-21,24-31,49,55-57,60,70,82H,5,13-15,22-23,32-44H2,1-4H3,(H,71,84)(H,72,83)(H,73,85)(H,76,86)(H,77,90)(H,78,87)(H,79,89)(H4,69,74,75,80,88)/t56-,57-,60?/m1/s1. The number of alkyl carbamates (subject to hydrolysis) is 2. The summed E-state index contributed by atoms with van der Waals surface area (Å²) < 4.78 is 11.2. The number of nitrogens with one attached hydrogen (secondary N) is 10. The van der Waals surface area contributed by atoms with E-state index in [0.717, 1.165) is 33.5 Å². The number of rotatable bonds is 31. The summed E-state index contributed by atoms with van der Waals surface area (Å²) in [6, 6.07) is 36.4. The molecule has 13 N–H and O–H groups in total. The first-order valence-electron chi connectivity index (χ1n) is 31.6. The number of carbonyl (C=O) groups is 8. The Morgan fingerprint density at radius 1 is 0.630 bits per heavy atom. The number of anilines is 1. The molecule has 3 atom stereocenters. The number of nitrogens with zero attached hydrogens (tertiary/aromatic N) is 2. The number of phenols is 1. The Hall–Kier alpha value is -9.71. The van der Waals surface area contributed by atoms with Gasteiger partial charge in [-0.05, 0) is 129 Å². The first kappa shape index (κ1) is 69.8. The topological polar surface area (TPSA) is 337 Å². The molecule has 1 aliphatic heterocycles. The van der Waals surface area contributed by atoms with Crippen LogP contribution in [0.1, 0.15) is 119 Å². The van der Waals surface area contributed by atoms with Gasteiger partial charge in [0.2, 0.25) is 29.5 Å². The summed E-state index contributed by atoms with van der Waals surface area (Å²) in [6.45, 7) is 10.3. The van der Waals surface area contributed by atoms with Gasteiger partial charge in [-0.15, -0.1) is 0 Å². The molecule has 5 aromatic carbocycles. The van der Waals surface area contributed by atoms with Crippen LogP contribution in [-0.4, -0.2) is 153 Å². The molecular formula is C68H89N13O11. The Labute approximate surface area is 537 Å². The maximum absolute atomic E-state index is 14.5. The van der Waals surface area contributed by atoms with E-state index in [9.17, 15) is 43.5 Å². The fourth-order valence-electron chi connectivity index (χ4n) is 10.8. The number of fused-ring (bicyclic) bond motifs is 3. The number of aromatic hydroxyl groups is 1. The zero-order valence-electron chi connectivity index (χ0n) is 52.9. The predicted molar refractivity (Wildman–Crippen MR) is 351 cm³/mol. The predicted octanol–water partition coefficient (Wildman–Crippen LogP) is 5.96. The minimum Gasteiger partial charge on any atom is -0.508 e. The van der Waals surface area contributed by atoms with E-state index in [0.29, 0.717) is 69.3 Å². The van der Waals surface area contributed by atoms with E-state index in [1.165, 1.54) is 12.1 Å². The van der Waals surface area contributed by atoms with Gasteiger partial charge in [-0.2, -0.15) is 0 Å². The lowest BCUT2D eigenvalue weighted by Gasteiger charge is -2.32. The van der Waals surface area contributed by atoms with Gasteiger partial charge in [0.1, 0.15) is 30.0 Å². The second kappa shape index (κ2) is 35.6. The van der Waals surface area contributed by atoms with E-state index < -0.39 is 59.5 Å². The number of likely N-dealkylation sites (tertiary alicyclic amines) is 1. The molecule has 9 amide bonds. The minimum absolute atomic E-state index is 0.0448. The van der Waals surface area contributed by atoms with Crippen molar-refractivity contribution in [1.29, 1.82) is 0 Å². The molecule has 1 heterocycles. The van der Waals surface area contributed by atoms with Crippen molar-refractivity contribution in [3.63, 3.8) is 0 Å². The molecule has 1 saturated heterocycles. The van der Waals surface area contributed by atoms with Crippen molar-refractivity contribution in [2.45, 2.75) is 121 Å². The number of urea groups is 1. The number of hydrogen-bond donors (Lipinski definition) is 12. The SMILES string of the molecule is CCC(=O)NCCNC(=O)NC(N)=NCCC[C@@H](NC(=O)C(c1ccccc1)c1ccc(NCCCNC(=O)[C@@H](CCCNC(=O)CN2CCC(NC(=O)OC(C)(C)C)CC2)NC(=O)OCC2c3ccccc3-c3ccccc32)cc1)C(=O)NCc1ccc(O)cc1. The first-order chi connectivity index (χ1) is 44.3. The molecule has 492 valence electrons. The number of benzene rings is 5. The molecule has 92 heavy (non-hydrogen) atoms. The molecular weight excluding hydrogens is 1170 g/mol. The number of aliphatic imine (C=N–C) groups is 1. The number of ether oxygens (including phenoxy) is 2. The van der Waals surface area contributed by atoms with Crippen molar-refractivity contribution in [2.75, 3.05) is 70.8 Å². The largest absolute Gasteiger partial charge is 0.508 e. The van der Waals surface area contributed by atoms with Crippen LogP contribution in [0, 0.1) is 0 Å². The molecule has 5 aromatic rings. The maximum Gasteiger partial charge on any atom is 0.407 e. The number of nitrogens with two attached hydrogens (primary N) is 1. The highest BCUT2D eigenvalue weighted by atomic mass is 16.6. The van der Waals surface area contributed by atoms with Crippen molar-refractivity contribution in [3.8, 4) is 16.9 Å². The monoisotopic (exact) mass is 1260 g/mol. The summed E-state index contributed by atoms with van der Waals surface area (Å²) in [5.74, 6) is -2.66. The quantitative estimate of drug-likeness (QED) is 0.0139. The zero-order chi connectivity index (χ0) is 65.8. The van der Waals surface area contributed by atoms with E-state index >= 15 is 0 Å². The van der Waals surface area contributed by atoms with Gasteiger partial charge in [0.15, 0.2) is 5.96 Å². The molecule has 0 bridgehead atoms. The van der Waals surface area contributed by atoms with E-state index in [2.05, 4.69) is 70.3 Å². The smallest absolute Gasteiger partial charge is 0.407 e. The fourth-order valence-corrected chi connectivity index (χ4v) is 10.8. The summed E-state index contributed by atoms with van der Waals surface area (Å²) in [6.07, 6.45) is 2.06. The van der Waals surface area contributed by atoms with Crippen LogP contribution in [0.2, 0.25) is 0 Å². The zero-order valence-corrected chi connectivity index (χ0v) is 52.9. The third-order valence-electron chi connectivity index (χ3n) is 15.5. The van der Waals surface area contributed by atoms with Crippen LogP contribution < -0.4 is 58.9 Å². The Morgan fingerprint density at radius 3 is 1.90 bits per heavy atom. The molecule has 7 rings (SSSR count). The van der Waals surface area contributed by atoms with Crippen LogP contribution in [0.3, 0.4) is 0 Å². The fraction of sp³-hybridized carbons (Fsp3) is 0.426. The average molecular weight is 1260 g/mol. The van der Waals surface area contributed by atoms with Crippen molar-refractivity contribution < 1.29 is 52.9 Å². The van der Waals surface area contributed by atoms with Gasteiger partial charge in [-0.1, -0.05) is 110 Å². The second-order valence-electron chi connectivity index (χ2n) is 23.7. The van der Waals surface area contributed by atoms with Crippen molar-refractivity contribution in [3.05, 3.63) is 155 Å². The van der Waals surface area contributed by atoms with Crippen LogP contribution in [-0.2, 0) is 40.0 Å². The lowest BCUT2D eigenvalue weighted by Crippen LogP contribution is -2.48. The van der Waals surface area contributed by atoms with Gasteiger partial charge in [0.25, 0.3) is 0 Å². The second-order valence-corrected chi connectivity index (χ2v) is 23.7. The highest BCUT2D eigenvalue weighted by Crippen LogP contribution is 2.44. The van der Waals surface area contributed by atoms with Gasteiger partial charge >= 0.3 is 18.2 Å². The van der Waals surface area contributed by atoms with E-state index in [1.807, 2.05) is 117 Å². The van der Waals surface area contributed by atoms with Gasteiger partial charge in [-0.25, -0.2) is 14.4 Å². The van der Waals surface area contributed by atoms with Crippen LogP contribution >= 0.6 is 0 Å². The first-order valence-corrected chi connectivity index (χ1v) is 31.6. The van der Waals surface area contributed by atoms with Crippen LogP contribution in [0.15, 0.2) is 132 Å². The Balaban J connectivity index is 0.917. The molecule has 2 aliphatic rings. The van der Waals surface area contributed by atoms with Crippen molar-refractivity contribution >= 4 is 59.4 Å². The molecule has 1 unspecified atom stereocenters. The molecule has 0 radical (unpaired) electrons. The lowest BCUT2D eigenvalue weighted by atomic mass is 9.90. The van der Waals surface area contributed by atoms with E-state index in [-0.39, 0.29) is 101 Å². The Bertz CT molecular complexity index is 3240. The van der Waals surface area contributed by atoms with Gasteiger partial charge < -0.3 is 68.2 Å².